The Morgan fingerprint density at radius 3 is 2.62 bits per heavy atom. The molecule has 3 aliphatic rings. The number of fused-ring (bicyclic) bond motifs is 3. The molecular formula is C31H39ClFN5O4. The molecule has 2 aromatic heterocycles. The number of ether oxygens (including phenoxy) is 1. The summed E-state index contributed by atoms with van der Waals surface area (Å²) in [5.74, 6) is -0.372. The molecule has 11 heteroatoms. The number of piperidine rings is 2. The van der Waals surface area contributed by atoms with E-state index in [4.69, 9.17) is 16.3 Å². The Bertz CT molecular complexity index is 1530. The van der Waals surface area contributed by atoms with Crippen molar-refractivity contribution in [3.05, 3.63) is 50.7 Å². The average molecular weight is 600 g/mol. The van der Waals surface area contributed by atoms with Crippen LogP contribution in [0.5, 0.6) is 0 Å². The van der Waals surface area contributed by atoms with Gasteiger partial charge in [0.15, 0.2) is 5.43 Å². The SMILES string of the molecule is Cc1c(CN2C3CCCC2CC(O)C3)n(C(C)C)c2cc(-c3nc(N[C@@H]4CCOC[C@H]4O)ncc3Cl)c(F)cc2c1=O. The molecule has 9 nitrogen and oxygen atoms in total. The number of aliphatic hydroxyl groups excluding tert-OH is 2. The van der Waals surface area contributed by atoms with Crippen LogP contribution in [0.2, 0.25) is 5.02 Å². The van der Waals surface area contributed by atoms with Gasteiger partial charge in [0.1, 0.15) is 5.82 Å². The summed E-state index contributed by atoms with van der Waals surface area (Å²) < 4.78 is 23.2. The monoisotopic (exact) mass is 599 g/mol. The maximum absolute atomic E-state index is 15.8. The van der Waals surface area contributed by atoms with E-state index >= 15 is 4.39 Å². The molecule has 42 heavy (non-hydrogen) atoms. The first kappa shape index (κ1) is 29.4. The highest BCUT2D eigenvalue weighted by molar-refractivity contribution is 6.33. The number of rotatable bonds is 6. The van der Waals surface area contributed by atoms with Gasteiger partial charge in [-0.3, -0.25) is 9.69 Å². The second-order valence-electron chi connectivity index (χ2n) is 12.3. The van der Waals surface area contributed by atoms with Crippen molar-refractivity contribution in [2.45, 2.75) is 102 Å². The topological polar surface area (TPSA) is 113 Å². The van der Waals surface area contributed by atoms with Gasteiger partial charge >= 0.3 is 0 Å². The second kappa shape index (κ2) is 11.8. The minimum absolute atomic E-state index is 0.0107. The number of anilines is 1. The van der Waals surface area contributed by atoms with Gasteiger partial charge in [0.25, 0.3) is 0 Å². The van der Waals surface area contributed by atoms with Crippen LogP contribution in [-0.2, 0) is 11.3 Å². The van der Waals surface area contributed by atoms with Crippen LogP contribution in [0.25, 0.3) is 22.2 Å². The Hall–Kier alpha value is -2.63. The fourth-order valence-electron chi connectivity index (χ4n) is 7.13. The number of halogens is 2. The van der Waals surface area contributed by atoms with E-state index in [1.165, 1.54) is 12.3 Å². The number of aliphatic hydroxyl groups is 2. The summed E-state index contributed by atoms with van der Waals surface area (Å²) in [5.41, 5.74) is 2.35. The number of nitrogens with zero attached hydrogens (tertiary/aromatic N) is 4. The van der Waals surface area contributed by atoms with Gasteiger partial charge in [0.05, 0.1) is 47.3 Å². The lowest BCUT2D eigenvalue weighted by molar-refractivity contribution is -0.0325. The van der Waals surface area contributed by atoms with Crippen molar-refractivity contribution >= 4 is 28.5 Å². The molecule has 226 valence electrons. The molecule has 2 bridgehead atoms. The van der Waals surface area contributed by atoms with Crippen LogP contribution in [0.15, 0.2) is 23.1 Å². The highest BCUT2D eigenvalue weighted by atomic mass is 35.5. The van der Waals surface area contributed by atoms with Crippen molar-refractivity contribution in [3.63, 3.8) is 0 Å². The van der Waals surface area contributed by atoms with Crippen LogP contribution < -0.4 is 10.7 Å². The molecule has 0 spiro atoms. The predicted octanol–water partition coefficient (Wildman–Crippen LogP) is 4.58. The van der Waals surface area contributed by atoms with Gasteiger partial charge in [0, 0.05) is 53.5 Å². The summed E-state index contributed by atoms with van der Waals surface area (Å²) in [6, 6.07) is 3.22. The molecule has 6 rings (SSSR count). The summed E-state index contributed by atoms with van der Waals surface area (Å²) in [6.07, 6.45) is 5.72. The van der Waals surface area contributed by atoms with Gasteiger partial charge in [-0.15, -0.1) is 0 Å². The van der Waals surface area contributed by atoms with E-state index in [9.17, 15) is 15.0 Å². The summed E-state index contributed by atoms with van der Waals surface area (Å²) in [5, 5.41) is 24.4. The van der Waals surface area contributed by atoms with Crippen molar-refractivity contribution in [3.8, 4) is 11.3 Å². The van der Waals surface area contributed by atoms with E-state index in [0.717, 1.165) is 37.8 Å². The normalized spacial score (nSPS) is 26.6. The van der Waals surface area contributed by atoms with Gasteiger partial charge in [-0.25, -0.2) is 14.4 Å². The number of nitrogens with one attached hydrogen (secondary N) is 1. The highest BCUT2D eigenvalue weighted by Gasteiger charge is 2.38. The molecular weight excluding hydrogens is 561 g/mol. The van der Waals surface area contributed by atoms with Gasteiger partial charge < -0.3 is 24.8 Å². The Kier molecular flexibility index (Phi) is 8.28. The largest absolute Gasteiger partial charge is 0.393 e. The van der Waals surface area contributed by atoms with Crippen LogP contribution in [0.4, 0.5) is 10.3 Å². The number of hydrogen-bond donors (Lipinski definition) is 3. The Labute approximate surface area is 249 Å². The van der Waals surface area contributed by atoms with E-state index in [1.54, 1.807) is 6.07 Å². The van der Waals surface area contributed by atoms with E-state index in [-0.39, 0.29) is 64.5 Å². The summed E-state index contributed by atoms with van der Waals surface area (Å²) in [7, 11) is 0. The van der Waals surface area contributed by atoms with E-state index in [1.807, 2.05) is 6.92 Å². The number of aromatic nitrogens is 3. The molecule has 0 aliphatic carbocycles. The van der Waals surface area contributed by atoms with Crippen LogP contribution >= 0.6 is 11.6 Å². The smallest absolute Gasteiger partial charge is 0.223 e. The van der Waals surface area contributed by atoms with Crippen molar-refractivity contribution in [1.29, 1.82) is 0 Å². The van der Waals surface area contributed by atoms with E-state index in [0.29, 0.717) is 36.0 Å². The predicted molar refractivity (Wildman–Crippen MR) is 160 cm³/mol. The van der Waals surface area contributed by atoms with Crippen molar-refractivity contribution in [2.24, 2.45) is 0 Å². The lowest BCUT2D eigenvalue weighted by atomic mass is 9.82. The van der Waals surface area contributed by atoms with Crippen LogP contribution in [0.1, 0.15) is 69.7 Å². The standard InChI is InChI=1S/C31H39ClFN5O4/c1-16(2)38-26-12-21(29-23(32)13-34-31(36-29)35-25-7-8-42-15-28(25)40)24(33)11-22(26)30(41)17(3)27(38)14-37-18-5-4-6-19(37)10-20(39)9-18/h11-13,16,18-20,25,28,39-40H,4-10,14-15H2,1-3H3,(H,34,35,36)/t18?,19?,20?,25-,28-/m1/s1. The molecule has 0 saturated carbocycles. The van der Waals surface area contributed by atoms with Crippen molar-refractivity contribution < 1.29 is 19.3 Å². The Morgan fingerprint density at radius 2 is 1.93 bits per heavy atom. The lowest BCUT2D eigenvalue weighted by Gasteiger charge is -2.48. The third kappa shape index (κ3) is 5.43. The fraction of sp³-hybridized carbons (Fsp3) is 0.581. The summed E-state index contributed by atoms with van der Waals surface area (Å²) in [6.45, 7) is 7.28. The molecule has 3 N–H and O–H groups in total. The van der Waals surface area contributed by atoms with Gasteiger partial charge in [-0.1, -0.05) is 18.0 Å². The van der Waals surface area contributed by atoms with Crippen LogP contribution in [0, 0.1) is 12.7 Å². The maximum atomic E-state index is 15.8. The molecule has 3 aromatic rings. The molecule has 3 fully saturated rings. The molecule has 3 aliphatic heterocycles. The molecule has 1 aromatic carbocycles. The molecule has 3 saturated heterocycles. The van der Waals surface area contributed by atoms with Gasteiger partial charge in [0.2, 0.25) is 5.95 Å². The molecule has 0 amide bonds. The minimum Gasteiger partial charge on any atom is -0.393 e. The van der Waals surface area contributed by atoms with Crippen molar-refractivity contribution in [2.75, 3.05) is 18.5 Å². The van der Waals surface area contributed by atoms with Gasteiger partial charge in [-0.2, -0.15) is 0 Å². The molecule has 2 unspecified atom stereocenters. The summed E-state index contributed by atoms with van der Waals surface area (Å²) in [4.78, 5) is 25.0. The zero-order valence-corrected chi connectivity index (χ0v) is 25.1. The third-order valence-corrected chi connectivity index (χ3v) is 9.52. The minimum atomic E-state index is -0.719. The van der Waals surface area contributed by atoms with Gasteiger partial charge in [-0.05, 0) is 65.0 Å². The lowest BCUT2D eigenvalue weighted by Crippen LogP contribution is -2.53. The summed E-state index contributed by atoms with van der Waals surface area (Å²) >= 11 is 6.53. The average Bonchev–Trinajstić information content (AvgIpc) is 2.94. The van der Waals surface area contributed by atoms with Crippen LogP contribution in [0.3, 0.4) is 0 Å². The Balaban J connectivity index is 1.45. The highest BCUT2D eigenvalue weighted by Crippen LogP contribution is 2.37. The number of hydrogen-bond acceptors (Lipinski definition) is 8. The second-order valence-corrected chi connectivity index (χ2v) is 12.7. The number of pyridine rings is 1. The molecule has 0 radical (unpaired) electrons. The third-order valence-electron chi connectivity index (χ3n) is 9.24. The maximum Gasteiger partial charge on any atom is 0.223 e. The van der Waals surface area contributed by atoms with E-state index < -0.39 is 11.9 Å². The number of benzene rings is 1. The zero-order chi connectivity index (χ0) is 29.7. The van der Waals surface area contributed by atoms with E-state index in [2.05, 4.69) is 38.6 Å². The first-order valence-corrected chi connectivity index (χ1v) is 15.4. The Morgan fingerprint density at radius 1 is 1.19 bits per heavy atom. The van der Waals surface area contributed by atoms with Crippen molar-refractivity contribution in [1.82, 2.24) is 19.4 Å². The first-order chi connectivity index (χ1) is 20.1. The van der Waals surface area contributed by atoms with Crippen LogP contribution in [-0.4, -0.2) is 73.2 Å². The quantitative estimate of drug-likeness (QED) is 0.377. The molecule has 4 atom stereocenters. The molecule has 5 heterocycles. The fourth-order valence-corrected chi connectivity index (χ4v) is 7.32. The zero-order valence-electron chi connectivity index (χ0n) is 24.3. The first-order valence-electron chi connectivity index (χ1n) is 15.0.